The molecular weight excluding hydrogens is 413 g/mol. The zero-order chi connectivity index (χ0) is 19.1. The third-order valence-electron chi connectivity index (χ3n) is 3.78. The Bertz CT molecular complexity index is 898. The van der Waals surface area contributed by atoms with Crippen molar-refractivity contribution >= 4 is 43.1 Å². The molecule has 0 N–H and O–H groups in total. The van der Waals surface area contributed by atoms with Gasteiger partial charge in [0.05, 0.1) is 0 Å². The molecule has 0 aromatic heterocycles. The zero-order valence-corrected chi connectivity index (χ0v) is 18.6. The summed E-state index contributed by atoms with van der Waals surface area (Å²) in [6.45, 7) is 6.73. The average Bonchev–Trinajstić information content (AvgIpc) is 2.66. The molecular formula is C24H25NSSe. The van der Waals surface area contributed by atoms with Crippen molar-refractivity contribution in [1.29, 1.82) is 0 Å². The van der Waals surface area contributed by atoms with Gasteiger partial charge in [0, 0.05) is 0 Å². The van der Waals surface area contributed by atoms with Crippen LogP contribution in [-0.2, 0) is 5.32 Å². The maximum absolute atomic E-state index is 4.86. The van der Waals surface area contributed by atoms with E-state index in [1.54, 1.807) is 0 Å². The standard InChI is InChI=1S/C24H25NSSe/c1-24(2,3)26-22-15-9-7-13-20(22)17-25-21-14-8-10-16-23(21)27-18-19-11-5-4-6-12-19/h4-17H,18H2,1-3H3. The van der Waals surface area contributed by atoms with E-state index in [-0.39, 0.29) is 4.75 Å². The van der Waals surface area contributed by atoms with Crippen LogP contribution in [-0.4, -0.2) is 25.9 Å². The molecule has 0 bridgehead atoms. The second kappa shape index (κ2) is 9.41. The molecule has 0 unspecified atom stereocenters. The van der Waals surface area contributed by atoms with Crippen LogP contribution >= 0.6 is 11.8 Å². The number of hydrogen-bond acceptors (Lipinski definition) is 2. The van der Waals surface area contributed by atoms with Crippen LogP contribution in [0.15, 0.2) is 88.8 Å². The summed E-state index contributed by atoms with van der Waals surface area (Å²) in [5.74, 6) is 0. The number of aliphatic imine (C=N–C) groups is 1. The Morgan fingerprint density at radius 1 is 0.852 bits per heavy atom. The van der Waals surface area contributed by atoms with Crippen molar-refractivity contribution in [1.82, 2.24) is 0 Å². The second-order valence-corrected chi connectivity index (χ2v) is 11.3. The van der Waals surface area contributed by atoms with Gasteiger partial charge in [-0.05, 0) is 0 Å². The second-order valence-electron chi connectivity index (χ2n) is 7.25. The van der Waals surface area contributed by atoms with E-state index in [4.69, 9.17) is 4.99 Å². The third kappa shape index (κ3) is 6.39. The van der Waals surface area contributed by atoms with Gasteiger partial charge in [-0.2, -0.15) is 0 Å². The molecule has 0 aliphatic carbocycles. The van der Waals surface area contributed by atoms with E-state index in [9.17, 15) is 0 Å². The molecule has 3 aromatic rings. The van der Waals surface area contributed by atoms with Crippen LogP contribution in [0.25, 0.3) is 0 Å². The number of para-hydroxylation sites is 1. The summed E-state index contributed by atoms with van der Waals surface area (Å²) in [4.78, 5) is 6.14. The van der Waals surface area contributed by atoms with Gasteiger partial charge in [-0.25, -0.2) is 0 Å². The molecule has 0 spiro atoms. The van der Waals surface area contributed by atoms with E-state index >= 15 is 0 Å². The summed E-state index contributed by atoms with van der Waals surface area (Å²) < 4.78 is 1.53. The molecule has 0 radical (unpaired) electrons. The van der Waals surface area contributed by atoms with Crippen molar-refractivity contribution in [3.8, 4) is 0 Å². The first-order chi connectivity index (χ1) is 13.0. The predicted molar refractivity (Wildman–Crippen MR) is 121 cm³/mol. The van der Waals surface area contributed by atoms with Crippen LogP contribution in [0.2, 0.25) is 0 Å². The number of nitrogens with zero attached hydrogens (tertiary/aromatic N) is 1. The van der Waals surface area contributed by atoms with Crippen molar-refractivity contribution in [2.24, 2.45) is 4.99 Å². The fourth-order valence-corrected chi connectivity index (χ4v) is 5.63. The van der Waals surface area contributed by atoms with Gasteiger partial charge in [0.15, 0.2) is 0 Å². The van der Waals surface area contributed by atoms with Crippen molar-refractivity contribution < 1.29 is 0 Å². The molecule has 27 heavy (non-hydrogen) atoms. The van der Waals surface area contributed by atoms with Gasteiger partial charge in [0.25, 0.3) is 0 Å². The Labute approximate surface area is 173 Å². The third-order valence-corrected chi connectivity index (χ3v) is 7.36. The normalized spacial score (nSPS) is 11.8. The summed E-state index contributed by atoms with van der Waals surface area (Å²) in [5, 5.41) is 1.09. The molecule has 0 amide bonds. The quantitative estimate of drug-likeness (QED) is 0.267. The Morgan fingerprint density at radius 3 is 2.30 bits per heavy atom. The first kappa shape index (κ1) is 19.9. The Hall–Kier alpha value is -1.80. The van der Waals surface area contributed by atoms with Gasteiger partial charge >= 0.3 is 174 Å². The number of benzene rings is 3. The van der Waals surface area contributed by atoms with Gasteiger partial charge in [0.2, 0.25) is 0 Å². The molecule has 3 aromatic carbocycles. The molecule has 0 saturated carbocycles. The van der Waals surface area contributed by atoms with Crippen LogP contribution in [0.1, 0.15) is 31.9 Å². The molecule has 3 heteroatoms. The average molecular weight is 438 g/mol. The first-order valence-electron chi connectivity index (χ1n) is 9.09. The molecule has 138 valence electrons. The summed E-state index contributed by atoms with van der Waals surface area (Å²) in [6, 6.07) is 27.7. The Kier molecular flexibility index (Phi) is 6.95. The van der Waals surface area contributed by atoms with E-state index < -0.39 is 0 Å². The van der Waals surface area contributed by atoms with Gasteiger partial charge < -0.3 is 0 Å². The topological polar surface area (TPSA) is 12.4 Å². The minimum atomic E-state index is 0.181. The van der Waals surface area contributed by atoms with E-state index in [0.29, 0.717) is 15.0 Å². The molecule has 0 saturated heterocycles. The molecule has 0 aliphatic heterocycles. The van der Waals surface area contributed by atoms with Crippen molar-refractivity contribution in [3.05, 3.63) is 90.0 Å². The van der Waals surface area contributed by atoms with Crippen molar-refractivity contribution in [2.45, 2.75) is 35.7 Å². The summed E-state index contributed by atoms with van der Waals surface area (Å²) in [7, 11) is 0. The monoisotopic (exact) mass is 439 g/mol. The van der Waals surface area contributed by atoms with Crippen LogP contribution in [0.4, 0.5) is 5.69 Å². The molecule has 0 atom stereocenters. The fraction of sp³-hybridized carbons (Fsp3) is 0.208. The predicted octanol–water partition coefficient (Wildman–Crippen LogP) is 5.86. The number of hydrogen-bond donors (Lipinski definition) is 0. The van der Waals surface area contributed by atoms with Crippen molar-refractivity contribution in [2.75, 3.05) is 0 Å². The Balaban J connectivity index is 1.78. The first-order valence-corrected chi connectivity index (χ1v) is 12.0. The van der Waals surface area contributed by atoms with Crippen LogP contribution in [0, 0.1) is 0 Å². The van der Waals surface area contributed by atoms with Gasteiger partial charge in [-0.15, -0.1) is 0 Å². The van der Waals surface area contributed by atoms with Gasteiger partial charge in [-0.3, -0.25) is 0 Å². The van der Waals surface area contributed by atoms with Crippen LogP contribution in [0.5, 0.6) is 0 Å². The molecule has 3 rings (SSSR count). The summed E-state index contributed by atoms with van der Waals surface area (Å²) >= 11 is 2.26. The maximum atomic E-state index is 4.86. The number of thioether (sulfide) groups is 1. The van der Waals surface area contributed by atoms with E-state index in [0.717, 1.165) is 11.0 Å². The van der Waals surface area contributed by atoms with Gasteiger partial charge in [-0.1, -0.05) is 0 Å². The van der Waals surface area contributed by atoms with Crippen LogP contribution < -0.4 is 4.46 Å². The molecule has 0 fully saturated rings. The fourth-order valence-electron chi connectivity index (χ4n) is 2.57. The van der Waals surface area contributed by atoms with E-state index in [1.807, 2.05) is 18.0 Å². The van der Waals surface area contributed by atoms with Gasteiger partial charge in [0.1, 0.15) is 0 Å². The SMILES string of the molecule is CC(C)(C)Sc1ccccc1C=Nc1ccccc1[Se]Cc1ccccc1. The van der Waals surface area contributed by atoms with Crippen molar-refractivity contribution in [3.63, 3.8) is 0 Å². The Morgan fingerprint density at radius 2 is 1.52 bits per heavy atom. The summed E-state index contributed by atoms with van der Waals surface area (Å²) in [6.07, 6.45) is 2.02. The van der Waals surface area contributed by atoms with E-state index in [2.05, 4.69) is 99.6 Å². The minimum absolute atomic E-state index is 0.181. The van der Waals surface area contributed by atoms with Crippen LogP contribution in [0.3, 0.4) is 0 Å². The zero-order valence-electron chi connectivity index (χ0n) is 16.1. The number of rotatable bonds is 6. The molecule has 0 aliphatic rings. The molecule has 0 heterocycles. The molecule has 1 nitrogen and oxygen atoms in total. The summed E-state index contributed by atoms with van der Waals surface area (Å²) in [5.41, 5.74) is 3.66. The van der Waals surface area contributed by atoms with E-state index in [1.165, 1.54) is 20.5 Å².